The van der Waals surface area contributed by atoms with Gasteiger partial charge in [0.1, 0.15) is 0 Å². The van der Waals surface area contributed by atoms with Crippen molar-refractivity contribution in [3.8, 4) is 28.3 Å². The number of pyridine rings is 1. The molecule has 9 rings (SSSR count). The smallest absolute Gasteiger partial charge is 0.0991 e. The van der Waals surface area contributed by atoms with Crippen LogP contribution >= 0.6 is 0 Å². The zero-order valence-corrected chi connectivity index (χ0v) is 25.4. The minimum absolute atomic E-state index is 0.631. The van der Waals surface area contributed by atoms with Gasteiger partial charge >= 0.3 is 0 Å². The standard InChI is InChI=1S/C44H27N3/c45-27-29-12-18-37(19-13-29)47(38-9-6-22-46-28-38)42-21-20-39(40-10-4-5-11-41(40)42)36-25-33-16-14-31-23-35(30-7-2-1-3-8-30)24-32-15-17-34(26-36)44(33)43(31)32/h1-26,28H. The number of rotatable bonds is 5. The first-order valence-electron chi connectivity index (χ1n) is 15.8. The molecule has 0 unspecified atom stereocenters. The largest absolute Gasteiger partial charge is 0.308 e. The number of nitrogens with zero attached hydrogens (tertiary/aromatic N) is 3. The van der Waals surface area contributed by atoms with Crippen LogP contribution in [0.4, 0.5) is 17.1 Å². The fourth-order valence-corrected chi connectivity index (χ4v) is 7.12. The van der Waals surface area contributed by atoms with E-state index in [-0.39, 0.29) is 0 Å². The summed E-state index contributed by atoms with van der Waals surface area (Å²) in [5.74, 6) is 0. The van der Waals surface area contributed by atoms with E-state index in [2.05, 4.69) is 137 Å². The number of aromatic nitrogens is 1. The van der Waals surface area contributed by atoms with Crippen molar-refractivity contribution in [2.75, 3.05) is 4.90 Å². The summed E-state index contributed by atoms with van der Waals surface area (Å²) >= 11 is 0. The van der Waals surface area contributed by atoms with Gasteiger partial charge < -0.3 is 4.90 Å². The van der Waals surface area contributed by atoms with Crippen LogP contribution in [0.2, 0.25) is 0 Å². The van der Waals surface area contributed by atoms with Gasteiger partial charge in [0.2, 0.25) is 0 Å². The van der Waals surface area contributed by atoms with Crippen molar-refractivity contribution in [1.82, 2.24) is 4.98 Å². The first-order valence-corrected chi connectivity index (χ1v) is 15.8. The molecule has 218 valence electrons. The average molecular weight is 598 g/mol. The molecule has 0 amide bonds. The Labute approximate surface area is 272 Å². The van der Waals surface area contributed by atoms with Crippen LogP contribution in [0.3, 0.4) is 0 Å². The fourth-order valence-electron chi connectivity index (χ4n) is 7.12. The summed E-state index contributed by atoms with van der Waals surface area (Å²) in [4.78, 5) is 6.64. The molecule has 47 heavy (non-hydrogen) atoms. The molecular weight excluding hydrogens is 571 g/mol. The van der Waals surface area contributed by atoms with Gasteiger partial charge in [0.05, 0.1) is 29.2 Å². The number of benzene rings is 8. The molecule has 0 atom stereocenters. The van der Waals surface area contributed by atoms with E-state index < -0.39 is 0 Å². The summed E-state index contributed by atoms with van der Waals surface area (Å²) < 4.78 is 0. The Hall–Kier alpha value is -6.50. The lowest BCUT2D eigenvalue weighted by Gasteiger charge is -2.27. The zero-order valence-electron chi connectivity index (χ0n) is 25.4. The Balaban J connectivity index is 1.22. The van der Waals surface area contributed by atoms with Crippen LogP contribution in [0.1, 0.15) is 5.56 Å². The molecule has 0 saturated carbocycles. The summed E-state index contributed by atoms with van der Waals surface area (Å²) in [6.45, 7) is 0. The zero-order chi connectivity index (χ0) is 31.3. The van der Waals surface area contributed by atoms with Crippen LogP contribution in [-0.2, 0) is 0 Å². The van der Waals surface area contributed by atoms with Crippen LogP contribution in [0.5, 0.6) is 0 Å². The fraction of sp³-hybridized carbons (Fsp3) is 0. The van der Waals surface area contributed by atoms with E-state index in [4.69, 9.17) is 0 Å². The summed E-state index contributed by atoms with van der Waals surface area (Å²) in [5.41, 5.74) is 8.45. The normalized spacial score (nSPS) is 11.4. The van der Waals surface area contributed by atoms with E-state index in [1.807, 2.05) is 36.5 Å². The third-order valence-electron chi connectivity index (χ3n) is 9.25. The second-order valence-electron chi connectivity index (χ2n) is 12.0. The van der Waals surface area contributed by atoms with E-state index in [0.29, 0.717) is 5.56 Å². The first-order chi connectivity index (χ1) is 23.2. The second kappa shape index (κ2) is 10.8. The Kier molecular flexibility index (Phi) is 6.19. The van der Waals surface area contributed by atoms with E-state index in [9.17, 15) is 5.26 Å². The van der Waals surface area contributed by atoms with E-state index >= 15 is 0 Å². The van der Waals surface area contributed by atoms with Crippen molar-refractivity contribution in [3.05, 3.63) is 170 Å². The molecule has 1 aromatic heterocycles. The summed E-state index contributed by atoms with van der Waals surface area (Å²) in [6.07, 6.45) is 3.67. The molecule has 0 saturated heterocycles. The first kappa shape index (κ1) is 26.9. The maximum atomic E-state index is 9.42. The van der Waals surface area contributed by atoms with Crippen LogP contribution in [0.25, 0.3) is 65.3 Å². The lowest BCUT2D eigenvalue weighted by Crippen LogP contribution is -2.10. The molecule has 0 fully saturated rings. The predicted octanol–water partition coefficient (Wildman–Crippen LogP) is 11.8. The molecule has 9 aromatic rings. The Morgan fingerprint density at radius 1 is 0.489 bits per heavy atom. The van der Waals surface area contributed by atoms with Crippen LogP contribution < -0.4 is 4.90 Å². The highest BCUT2D eigenvalue weighted by Crippen LogP contribution is 2.44. The minimum atomic E-state index is 0.631. The molecule has 0 N–H and O–H groups in total. The quantitative estimate of drug-likeness (QED) is 0.185. The van der Waals surface area contributed by atoms with Gasteiger partial charge in [-0.1, -0.05) is 84.9 Å². The lowest BCUT2D eigenvalue weighted by molar-refractivity contribution is 1.23. The van der Waals surface area contributed by atoms with Crippen molar-refractivity contribution in [2.24, 2.45) is 0 Å². The Morgan fingerprint density at radius 3 is 1.72 bits per heavy atom. The minimum Gasteiger partial charge on any atom is -0.308 e. The number of hydrogen-bond acceptors (Lipinski definition) is 3. The van der Waals surface area contributed by atoms with Crippen molar-refractivity contribution >= 4 is 60.2 Å². The molecule has 0 bridgehead atoms. The molecule has 3 heteroatoms. The third-order valence-corrected chi connectivity index (χ3v) is 9.25. The SMILES string of the molecule is N#Cc1ccc(N(c2cccnc2)c2ccc(-c3cc4ccc5cc(-c6ccccc6)cc6ccc(c3)c4c56)c3ccccc23)cc1. The average Bonchev–Trinajstić information content (AvgIpc) is 3.14. The second-order valence-corrected chi connectivity index (χ2v) is 12.0. The van der Waals surface area contributed by atoms with Crippen LogP contribution in [-0.4, -0.2) is 4.98 Å². The summed E-state index contributed by atoms with van der Waals surface area (Å²) in [6, 6.07) is 56.0. The van der Waals surface area contributed by atoms with E-state index in [0.717, 1.165) is 22.4 Å². The molecule has 0 aliphatic carbocycles. The lowest BCUT2D eigenvalue weighted by atomic mass is 9.88. The molecular formula is C44H27N3. The maximum absolute atomic E-state index is 9.42. The van der Waals surface area contributed by atoms with Gasteiger partial charge in [0.15, 0.2) is 0 Å². The molecule has 0 spiro atoms. The Bertz CT molecular complexity index is 2550. The van der Waals surface area contributed by atoms with Gasteiger partial charge in [-0.05, 0) is 127 Å². The Morgan fingerprint density at radius 2 is 1.11 bits per heavy atom. The van der Waals surface area contributed by atoms with Crippen LogP contribution in [0.15, 0.2) is 164 Å². The molecule has 0 aliphatic rings. The van der Waals surface area contributed by atoms with Crippen molar-refractivity contribution < 1.29 is 0 Å². The predicted molar refractivity (Wildman–Crippen MR) is 196 cm³/mol. The van der Waals surface area contributed by atoms with Gasteiger partial charge in [0, 0.05) is 17.3 Å². The topological polar surface area (TPSA) is 39.9 Å². The summed E-state index contributed by atoms with van der Waals surface area (Å²) in [5, 5.41) is 19.4. The molecule has 0 aliphatic heterocycles. The number of fused-ring (bicyclic) bond motifs is 1. The van der Waals surface area contributed by atoms with E-state index in [1.165, 1.54) is 60.0 Å². The molecule has 0 radical (unpaired) electrons. The van der Waals surface area contributed by atoms with E-state index in [1.54, 1.807) is 6.20 Å². The molecule has 8 aromatic carbocycles. The number of hydrogen-bond donors (Lipinski definition) is 0. The third kappa shape index (κ3) is 4.47. The van der Waals surface area contributed by atoms with Gasteiger partial charge in [-0.3, -0.25) is 4.98 Å². The summed E-state index contributed by atoms with van der Waals surface area (Å²) in [7, 11) is 0. The van der Waals surface area contributed by atoms with Crippen LogP contribution in [0, 0.1) is 11.3 Å². The van der Waals surface area contributed by atoms with Gasteiger partial charge in [-0.25, -0.2) is 0 Å². The van der Waals surface area contributed by atoms with Gasteiger partial charge in [0.25, 0.3) is 0 Å². The highest BCUT2D eigenvalue weighted by Gasteiger charge is 2.18. The monoisotopic (exact) mass is 597 g/mol. The molecule has 1 heterocycles. The maximum Gasteiger partial charge on any atom is 0.0991 e. The highest BCUT2D eigenvalue weighted by atomic mass is 15.1. The highest BCUT2D eigenvalue weighted by molar-refractivity contribution is 6.25. The number of anilines is 3. The van der Waals surface area contributed by atoms with Crippen molar-refractivity contribution in [2.45, 2.75) is 0 Å². The van der Waals surface area contributed by atoms with Crippen molar-refractivity contribution in [3.63, 3.8) is 0 Å². The van der Waals surface area contributed by atoms with Gasteiger partial charge in [-0.2, -0.15) is 5.26 Å². The van der Waals surface area contributed by atoms with Gasteiger partial charge in [-0.15, -0.1) is 0 Å². The van der Waals surface area contributed by atoms with Crippen molar-refractivity contribution in [1.29, 1.82) is 5.26 Å². The molecule has 3 nitrogen and oxygen atoms in total. The number of nitriles is 1.